The second-order valence-corrected chi connectivity index (χ2v) is 6.34. The molecule has 1 amide bonds. The van der Waals surface area contributed by atoms with E-state index in [1.54, 1.807) is 36.4 Å². The lowest BCUT2D eigenvalue weighted by atomic mass is 10.1. The van der Waals surface area contributed by atoms with Crippen LogP contribution in [0, 0.1) is 23.1 Å². The minimum absolute atomic E-state index is 0.0628. The van der Waals surface area contributed by atoms with Gasteiger partial charge in [0.05, 0.1) is 12.2 Å². The smallest absolute Gasteiger partial charge is 0.261 e. The molecule has 0 bridgehead atoms. The van der Waals surface area contributed by atoms with Gasteiger partial charge in [0.25, 0.3) is 5.91 Å². The molecule has 0 aliphatic rings. The van der Waals surface area contributed by atoms with E-state index in [0.29, 0.717) is 36.6 Å². The van der Waals surface area contributed by atoms with Gasteiger partial charge < -0.3 is 14.8 Å². The number of rotatable bonds is 9. The van der Waals surface area contributed by atoms with Crippen molar-refractivity contribution < 1.29 is 18.7 Å². The maximum absolute atomic E-state index is 12.8. The monoisotopic (exact) mass is 370 g/mol. The van der Waals surface area contributed by atoms with Crippen molar-refractivity contribution in [1.29, 1.82) is 5.26 Å². The highest BCUT2D eigenvalue weighted by molar-refractivity contribution is 5.81. The van der Waals surface area contributed by atoms with Gasteiger partial charge in [-0.3, -0.25) is 4.79 Å². The van der Waals surface area contributed by atoms with E-state index in [1.165, 1.54) is 12.1 Å². The Bertz CT molecular complexity index is 785. The number of para-hydroxylation sites is 1. The van der Waals surface area contributed by atoms with Crippen LogP contribution in [0.2, 0.25) is 0 Å². The van der Waals surface area contributed by atoms with Crippen molar-refractivity contribution in [2.24, 2.45) is 5.92 Å². The summed E-state index contributed by atoms with van der Waals surface area (Å²) in [5.41, 5.74) is 0.392. The SMILES string of the molecule is CC(C)C(Oc1ccccc1C#N)C(=O)NCCCOc1ccc(F)cc1. The molecule has 0 aliphatic heterocycles. The predicted molar refractivity (Wildman–Crippen MR) is 99.9 cm³/mol. The first kappa shape index (κ1) is 20.2. The Morgan fingerprint density at radius 1 is 1.19 bits per heavy atom. The Labute approximate surface area is 158 Å². The van der Waals surface area contributed by atoms with Crippen LogP contribution in [0.1, 0.15) is 25.8 Å². The molecule has 0 aliphatic carbocycles. The van der Waals surface area contributed by atoms with Gasteiger partial charge in [-0.15, -0.1) is 0 Å². The van der Waals surface area contributed by atoms with Gasteiger partial charge >= 0.3 is 0 Å². The lowest BCUT2D eigenvalue weighted by molar-refractivity contribution is -0.129. The summed E-state index contributed by atoms with van der Waals surface area (Å²) in [7, 11) is 0. The molecule has 5 nitrogen and oxygen atoms in total. The lowest BCUT2D eigenvalue weighted by Gasteiger charge is -2.22. The molecule has 1 atom stereocenters. The Hall–Kier alpha value is -3.07. The average Bonchev–Trinajstić information content (AvgIpc) is 2.67. The fraction of sp³-hybridized carbons (Fsp3) is 0.333. The number of nitrogens with one attached hydrogen (secondary N) is 1. The van der Waals surface area contributed by atoms with Crippen LogP contribution in [0.15, 0.2) is 48.5 Å². The fourth-order valence-electron chi connectivity index (χ4n) is 2.40. The van der Waals surface area contributed by atoms with Gasteiger partial charge in [-0.2, -0.15) is 5.26 Å². The predicted octanol–water partition coefficient (Wildman–Crippen LogP) is 3.69. The molecular formula is C21H23FN2O3. The van der Waals surface area contributed by atoms with Gasteiger partial charge in [0.1, 0.15) is 23.4 Å². The van der Waals surface area contributed by atoms with E-state index >= 15 is 0 Å². The van der Waals surface area contributed by atoms with E-state index in [-0.39, 0.29) is 17.6 Å². The van der Waals surface area contributed by atoms with Crippen LogP contribution in [-0.4, -0.2) is 25.2 Å². The summed E-state index contributed by atoms with van der Waals surface area (Å²) in [5, 5.41) is 12.0. The third-order valence-corrected chi connectivity index (χ3v) is 3.83. The molecule has 0 saturated heterocycles. The number of amides is 1. The quantitative estimate of drug-likeness (QED) is 0.684. The average molecular weight is 370 g/mol. The summed E-state index contributed by atoms with van der Waals surface area (Å²) in [6.07, 6.45) is -0.0968. The molecule has 2 aromatic rings. The first-order chi connectivity index (χ1) is 13.0. The van der Waals surface area contributed by atoms with Crippen LogP contribution >= 0.6 is 0 Å². The highest BCUT2D eigenvalue weighted by Crippen LogP contribution is 2.20. The number of benzene rings is 2. The normalized spacial score (nSPS) is 11.5. The highest BCUT2D eigenvalue weighted by Gasteiger charge is 2.24. The molecule has 0 spiro atoms. The minimum Gasteiger partial charge on any atom is -0.494 e. The highest BCUT2D eigenvalue weighted by atomic mass is 19.1. The number of ether oxygens (including phenoxy) is 2. The Morgan fingerprint density at radius 3 is 2.56 bits per heavy atom. The van der Waals surface area contributed by atoms with Crippen molar-refractivity contribution in [2.75, 3.05) is 13.2 Å². The number of carbonyl (C=O) groups is 1. The third kappa shape index (κ3) is 6.30. The van der Waals surface area contributed by atoms with Crippen molar-refractivity contribution in [2.45, 2.75) is 26.4 Å². The van der Waals surface area contributed by atoms with Crippen molar-refractivity contribution in [3.63, 3.8) is 0 Å². The first-order valence-corrected chi connectivity index (χ1v) is 8.83. The van der Waals surface area contributed by atoms with E-state index in [4.69, 9.17) is 14.7 Å². The maximum Gasteiger partial charge on any atom is 0.261 e. The van der Waals surface area contributed by atoms with E-state index in [0.717, 1.165) is 0 Å². The molecule has 0 saturated carbocycles. The third-order valence-electron chi connectivity index (χ3n) is 3.83. The van der Waals surface area contributed by atoms with E-state index in [1.807, 2.05) is 13.8 Å². The van der Waals surface area contributed by atoms with Gasteiger partial charge in [0.2, 0.25) is 0 Å². The van der Waals surface area contributed by atoms with E-state index in [9.17, 15) is 9.18 Å². The molecule has 0 fully saturated rings. The lowest BCUT2D eigenvalue weighted by Crippen LogP contribution is -2.42. The van der Waals surface area contributed by atoms with E-state index in [2.05, 4.69) is 11.4 Å². The van der Waals surface area contributed by atoms with Crippen LogP contribution in [-0.2, 0) is 4.79 Å². The van der Waals surface area contributed by atoms with Crippen LogP contribution in [0.4, 0.5) is 4.39 Å². The molecule has 6 heteroatoms. The Kier molecular flexibility index (Phi) is 7.63. The van der Waals surface area contributed by atoms with Crippen molar-refractivity contribution in [3.8, 4) is 17.6 Å². The summed E-state index contributed by atoms with van der Waals surface area (Å²) in [6.45, 7) is 4.59. The second-order valence-electron chi connectivity index (χ2n) is 6.34. The number of nitriles is 1. The largest absolute Gasteiger partial charge is 0.494 e. The molecule has 142 valence electrons. The number of hydrogen-bond acceptors (Lipinski definition) is 4. The molecule has 1 N–H and O–H groups in total. The Morgan fingerprint density at radius 2 is 1.89 bits per heavy atom. The standard InChI is InChI=1S/C21H23FN2O3/c1-15(2)20(27-19-7-4-3-6-16(19)14-23)21(25)24-12-5-13-26-18-10-8-17(22)9-11-18/h3-4,6-11,15,20H,5,12-13H2,1-2H3,(H,24,25). The topological polar surface area (TPSA) is 71.3 Å². The summed E-state index contributed by atoms with van der Waals surface area (Å²) >= 11 is 0. The molecule has 2 aromatic carbocycles. The molecular weight excluding hydrogens is 347 g/mol. The molecule has 0 aromatic heterocycles. The van der Waals surface area contributed by atoms with Crippen molar-refractivity contribution >= 4 is 5.91 Å². The summed E-state index contributed by atoms with van der Waals surface area (Å²) in [5.74, 6) is 0.367. The number of halogens is 1. The molecule has 27 heavy (non-hydrogen) atoms. The second kappa shape index (κ2) is 10.2. The minimum atomic E-state index is -0.697. The summed E-state index contributed by atoms with van der Waals surface area (Å²) < 4.78 is 24.1. The van der Waals surface area contributed by atoms with Crippen molar-refractivity contribution in [3.05, 3.63) is 59.9 Å². The van der Waals surface area contributed by atoms with Crippen molar-refractivity contribution in [1.82, 2.24) is 5.32 Å². The summed E-state index contributed by atoms with van der Waals surface area (Å²) in [4.78, 5) is 12.5. The van der Waals surface area contributed by atoms with Gasteiger partial charge in [-0.05, 0) is 48.7 Å². The van der Waals surface area contributed by atoms with Crippen LogP contribution < -0.4 is 14.8 Å². The van der Waals surface area contributed by atoms with Gasteiger partial charge in [-0.25, -0.2) is 4.39 Å². The van der Waals surface area contributed by atoms with Gasteiger partial charge in [0.15, 0.2) is 6.10 Å². The maximum atomic E-state index is 12.8. The fourth-order valence-corrected chi connectivity index (χ4v) is 2.40. The zero-order chi connectivity index (χ0) is 19.6. The molecule has 2 rings (SSSR count). The summed E-state index contributed by atoms with van der Waals surface area (Å²) in [6, 6.07) is 14.7. The zero-order valence-corrected chi connectivity index (χ0v) is 15.4. The van der Waals surface area contributed by atoms with Gasteiger partial charge in [-0.1, -0.05) is 26.0 Å². The van der Waals surface area contributed by atoms with E-state index < -0.39 is 6.10 Å². The number of hydrogen-bond donors (Lipinski definition) is 1. The molecule has 0 heterocycles. The van der Waals surface area contributed by atoms with Crippen LogP contribution in [0.25, 0.3) is 0 Å². The number of nitrogens with zero attached hydrogens (tertiary/aromatic N) is 1. The van der Waals surface area contributed by atoms with Crippen LogP contribution in [0.5, 0.6) is 11.5 Å². The molecule has 1 unspecified atom stereocenters. The first-order valence-electron chi connectivity index (χ1n) is 8.83. The van der Waals surface area contributed by atoms with Gasteiger partial charge in [0, 0.05) is 6.54 Å². The molecule has 0 radical (unpaired) electrons. The zero-order valence-electron chi connectivity index (χ0n) is 15.4. The Balaban J connectivity index is 1.81. The van der Waals surface area contributed by atoms with Crippen LogP contribution in [0.3, 0.4) is 0 Å². The number of carbonyl (C=O) groups excluding carboxylic acids is 1.